The number of hydrogen-bond acceptors (Lipinski definition) is 9. The quantitative estimate of drug-likeness (QED) is 0.100. The first-order valence-corrected chi connectivity index (χ1v) is 19.0. The van der Waals surface area contributed by atoms with Gasteiger partial charge >= 0.3 is 0 Å². The molecule has 0 radical (unpaired) electrons. The van der Waals surface area contributed by atoms with Crippen LogP contribution in [0.5, 0.6) is 0 Å². The minimum Gasteiger partial charge on any atom is -0.331 e. The summed E-state index contributed by atoms with van der Waals surface area (Å²) in [6.45, 7) is 2.64. The fraction of sp³-hybridized carbons (Fsp3) is 0.718. The smallest absolute Gasteiger partial charge is 0.240 e. The van der Waals surface area contributed by atoms with E-state index in [2.05, 4.69) is 0 Å². The normalized spacial score (nSPS) is 23.5. The van der Waals surface area contributed by atoms with Gasteiger partial charge in [0.05, 0.1) is 18.1 Å². The third kappa shape index (κ3) is 8.08. The fourth-order valence-corrected chi connectivity index (χ4v) is 9.29. The fourth-order valence-electron chi connectivity index (χ4n) is 9.29. The molecule has 1 aromatic rings. The van der Waals surface area contributed by atoms with E-state index in [9.17, 15) is 14.4 Å². The Morgan fingerprint density at radius 1 is 0.857 bits per heavy atom. The van der Waals surface area contributed by atoms with Crippen molar-refractivity contribution >= 4 is 29.5 Å². The molecule has 6 atom stereocenters. The Morgan fingerprint density at radius 2 is 1.49 bits per heavy atom. The Balaban J connectivity index is 1.89. The highest BCUT2D eigenvalue weighted by atomic mass is 16.2. The molecule has 272 valence electrons. The summed E-state index contributed by atoms with van der Waals surface area (Å²) in [4.78, 5) is 75.1. The first-order valence-electron chi connectivity index (χ1n) is 19.0. The SMILES string of the molecule is CC[C@@H](C(=O)C(C(=O)[C@@H]1CCCN1C(=O)[C@@H](N)CCCCN)(C1CCCCC1)[C@](N)(C=O)C(=O)[C@H](N)CC1CCCCC1)c1ccccc1. The largest absolute Gasteiger partial charge is 0.331 e. The highest BCUT2D eigenvalue weighted by Gasteiger charge is 2.69. The number of amides is 1. The molecule has 2 aliphatic carbocycles. The first-order chi connectivity index (χ1) is 23.6. The number of carbonyl (C=O) groups excluding carboxylic acids is 5. The molecule has 3 aliphatic rings. The number of benzene rings is 1. The van der Waals surface area contributed by atoms with Crippen LogP contribution < -0.4 is 22.9 Å². The third-order valence-electron chi connectivity index (χ3n) is 11.9. The van der Waals surface area contributed by atoms with E-state index in [4.69, 9.17) is 22.9 Å². The van der Waals surface area contributed by atoms with Crippen molar-refractivity contribution in [2.24, 2.45) is 40.2 Å². The van der Waals surface area contributed by atoms with Crippen LogP contribution in [0.1, 0.15) is 128 Å². The molecule has 1 aromatic carbocycles. The van der Waals surface area contributed by atoms with Crippen LogP contribution in [0.3, 0.4) is 0 Å². The molecule has 8 N–H and O–H groups in total. The van der Waals surface area contributed by atoms with Crippen molar-refractivity contribution in [2.45, 2.75) is 146 Å². The lowest BCUT2D eigenvalue weighted by Gasteiger charge is -2.51. The van der Waals surface area contributed by atoms with Gasteiger partial charge in [-0.1, -0.05) is 95.0 Å². The van der Waals surface area contributed by atoms with Gasteiger partial charge in [-0.3, -0.25) is 19.2 Å². The van der Waals surface area contributed by atoms with Crippen molar-refractivity contribution in [1.29, 1.82) is 0 Å². The highest BCUT2D eigenvalue weighted by Crippen LogP contribution is 2.52. The van der Waals surface area contributed by atoms with Gasteiger partial charge in [0, 0.05) is 12.5 Å². The van der Waals surface area contributed by atoms with Gasteiger partial charge in [-0.2, -0.15) is 0 Å². The molecule has 1 saturated heterocycles. The van der Waals surface area contributed by atoms with Crippen molar-refractivity contribution < 1.29 is 24.0 Å². The number of likely N-dealkylation sites (tertiary alicyclic amines) is 1. The van der Waals surface area contributed by atoms with E-state index in [1.807, 2.05) is 37.3 Å². The van der Waals surface area contributed by atoms with Crippen LogP contribution >= 0.6 is 0 Å². The molecule has 4 rings (SSSR count). The molecular formula is C39H61N5O5. The lowest BCUT2D eigenvalue weighted by molar-refractivity contribution is -0.165. The summed E-state index contributed by atoms with van der Waals surface area (Å²) in [6, 6.07) is 6.19. The van der Waals surface area contributed by atoms with Crippen LogP contribution in [0.2, 0.25) is 0 Å². The summed E-state index contributed by atoms with van der Waals surface area (Å²) in [7, 11) is 0. The average molecular weight is 680 g/mol. The van der Waals surface area contributed by atoms with Crippen molar-refractivity contribution in [2.75, 3.05) is 13.1 Å². The second-order valence-corrected chi connectivity index (χ2v) is 15.0. The summed E-state index contributed by atoms with van der Waals surface area (Å²) in [6.07, 6.45) is 12.0. The standard InChI is InChI=1S/C39H61N5O5/c1-2-30(28-17-8-4-9-18-28)34(46)39(29-19-10-5-11-20-29,38(43,26-45)35(47)32(42)25-27-15-6-3-7-16-27)36(48)33-22-14-24-44(33)37(49)31(41)21-12-13-23-40/h4,8-9,17-18,26-27,29-33H,2-3,5-7,10-16,19-25,40-43H2,1H3/t30-,31+,32-,33+,38+,39?/m1/s1. The van der Waals surface area contributed by atoms with Gasteiger partial charge in [0.15, 0.2) is 22.9 Å². The minimum absolute atomic E-state index is 0.204. The number of ketones is 3. The van der Waals surface area contributed by atoms with Crippen molar-refractivity contribution in [3.63, 3.8) is 0 Å². The van der Waals surface area contributed by atoms with Crippen molar-refractivity contribution in [3.8, 4) is 0 Å². The molecule has 1 amide bonds. The molecule has 10 heteroatoms. The topological polar surface area (TPSA) is 193 Å². The average Bonchev–Trinajstić information content (AvgIpc) is 3.63. The number of unbranched alkanes of at least 4 members (excludes halogenated alkanes) is 1. The number of nitrogens with two attached hydrogens (primary N) is 4. The van der Waals surface area contributed by atoms with Crippen LogP contribution in [0, 0.1) is 17.3 Å². The molecule has 0 spiro atoms. The van der Waals surface area contributed by atoms with Crippen LogP contribution in [-0.4, -0.2) is 71.2 Å². The van der Waals surface area contributed by atoms with Crippen LogP contribution in [0.4, 0.5) is 0 Å². The predicted octanol–water partition coefficient (Wildman–Crippen LogP) is 4.10. The molecule has 1 heterocycles. The molecule has 10 nitrogen and oxygen atoms in total. The summed E-state index contributed by atoms with van der Waals surface area (Å²) >= 11 is 0. The lowest BCUT2D eigenvalue weighted by Crippen LogP contribution is -2.76. The summed E-state index contributed by atoms with van der Waals surface area (Å²) < 4.78 is 0. The van der Waals surface area contributed by atoms with Crippen LogP contribution in [0.25, 0.3) is 0 Å². The molecule has 3 fully saturated rings. The van der Waals surface area contributed by atoms with E-state index < -0.39 is 58.3 Å². The number of rotatable bonds is 18. The van der Waals surface area contributed by atoms with Gasteiger partial charge in [-0.05, 0) is 75.3 Å². The lowest BCUT2D eigenvalue weighted by atomic mass is 9.50. The van der Waals surface area contributed by atoms with Crippen molar-refractivity contribution in [1.82, 2.24) is 4.90 Å². The third-order valence-corrected chi connectivity index (χ3v) is 11.9. The summed E-state index contributed by atoms with van der Waals surface area (Å²) in [5.41, 5.74) is 21.9. The first kappa shape index (κ1) is 39.0. The predicted molar refractivity (Wildman–Crippen MR) is 191 cm³/mol. The van der Waals surface area contributed by atoms with Gasteiger partial charge in [0.25, 0.3) is 0 Å². The summed E-state index contributed by atoms with van der Waals surface area (Å²) in [5, 5.41) is 0. The van der Waals surface area contributed by atoms with E-state index in [0.717, 1.165) is 57.8 Å². The molecule has 1 unspecified atom stereocenters. The van der Waals surface area contributed by atoms with E-state index in [0.29, 0.717) is 76.3 Å². The zero-order chi connectivity index (χ0) is 35.6. The van der Waals surface area contributed by atoms with E-state index in [-0.39, 0.29) is 11.8 Å². The molecule has 1 aliphatic heterocycles. The minimum atomic E-state index is -2.51. The number of hydrogen-bond donors (Lipinski definition) is 4. The maximum Gasteiger partial charge on any atom is 0.240 e. The molecule has 49 heavy (non-hydrogen) atoms. The monoisotopic (exact) mass is 679 g/mol. The Morgan fingerprint density at radius 3 is 2.08 bits per heavy atom. The molecule has 0 bridgehead atoms. The van der Waals surface area contributed by atoms with Gasteiger partial charge < -0.3 is 32.6 Å². The maximum absolute atomic E-state index is 15.7. The van der Waals surface area contributed by atoms with E-state index in [1.165, 1.54) is 4.90 Å². The second-order valence-electron chi connectivity index (χ2n) is 15.0. The molecular weight excluding hydrogens is 618 g/mol. The van der Waals surface area contributed by atoms with Crippen LogP contribution in [-0.2, 0) is 24.0 Å². The number of Topliss-reactive ketones (excluding diaryl/α,β-unsaturated/α-hetero) is 3. The highest BCUT2D eigenvalue weighted by molar-refractivity contribution is 6.23. The zero-order valence-electron chi connectivity index (χ0n) is 29.7. The summed E-state index contributed by atoms with van der Waals surface area (Å²) in [5.74, 6) is -3.52. The Bertz CT molecular complexity index is 1280. The Hall–Kier alpha value is -2.79. The second kappa shape index (κ2) is 17.9. The molecule has 2 saturated carbocycles. The van der Waals surface area contributed by atoms with E-state index >= 15 is 9.59 Å². The zero-order valence-corrected chi connectivity index (χ0v) is 29.7. The molecule has 0 aromatic heterocycles. The number of carbonyl (C=O) groups is 5. The maximum atomic E-state index is 15.7. The Kier molecular flexibility index (Phi) is 14.3. The van der Waals surface area contributed by atoms with Gasteiger partial charge in [-0.15, -0.1) is 0 Å². The Labute approximate surface area is 292 Å². The van der Waals surface area contributed by atoms with E-state index in [1.54, 1.807) is 0 Å². The van der Waals surface area contributed by atoms with Crippen LogP contribution in [0.15, 0.2) is 30.3 Å². The number of aldehydes is 1. The van der Waals surface area contributed by atoms with Gasteiger partial charge in [0.2, 0.25) is 5.91 Å². The van der Waals surface area contributed by atoms with Crippen molar-refractivity contribution in [3.05, 3.63) is 35.9 Å². The van der Waals surface area contributed by atoms with Gasteiger partial charge in [0.1, 0.15) is 11.7 Å². The van der Waals surface area contributed by atoms with Gasteiger partial charge in [-0.25, -0.2) is 0 Å². The number of nitrogens with zero attached hydrogens (tertiary/aromatic N) is 1.